The van der Waals surface area contributed by atoms with Crippen molar-refractivity contribution in [3.05, 3.63) is 66.0 Å². The molecule has 9 nitrogen and oxygen atoms in total. The molecule has 0 unspecified atom stereocenters. The second kappa shape index (κ2) is 11.4. The number of nitrogens with zero attached hydrogens (tertiary/aromatic N) is 2. The topological polar surface area (TPSA) is 115 Å². The number of carbonyl (C=O) groups is 1. The molecule has 40 heavy (non-hydrogen) atoms. The average molecular weight is 560 g/mol. The number of rotatable bonds is 7. The van der Waals surface area contributed by atoms with Crippen LogP contribution in [0, 0.1) is 5.82 Å². The summed E-state index contributed by atoms with van der Waals surface area (Å²) in [5.74, 6) is -0.302. The van der Waals surface area contributed by atoms with Crippen molar-refractivity contribution in [1.29, 1.82) is 0 Å². The molecule has 0 radical (unpaired) electrons. The molecule has 2 amide bonds. The summed E-state index contributed by atoms with van der Waals surface area (Å²) in [7, 11) is 0. The Morgan fingerprint density at radius 1 is 1.05 bits per heavy atom. The lowest BCUT2D eigenvalue weighted by Crippen LogP contribution is -2.38. The fraction of sp³-hybridized carbons (Fsp3) is 0.259. The van der Waals surface area contributed by atoms with E-state index in [0.717, 1.165) is 30.8 Å². The van der Waals surface area contributed by atoms with E-state index in [0.29, 0.717) is 60.4 Å². The van der Waals surface area contributed by atoms with Gasteiger partial charge in [0.25, 0.3) is 0 Å². The van der Waals surface area contributed by atoms with E-state index < -0.39 is 29.3 Å². The van der Waals surface area contributed by atoms with Gasteiger partial charge in [-0.3, -0.25) is 4.90 Å². The van der Waals surface area contributed by atoms with Gasteiger partial charge in [0.1, 0.15) is 12.4 Å². The Kier molecular flexibility index (Phi) is 7.76. The maximum Gasteiger partial charge on any atom is 0.416 e. The van der Waals surface area contributed by atoms with Gasteiger partial charge < -0.3 is 30.4 Å². The van der Waals surface area contributed by atoms with Crippen molar-refractivity contribution in [3.8, 4) is 16.9 Å². The van der Waals surface area contributed by atoms with E-state index in [1.54, 1.807) is 30.3 Å². The summed E-state index contributed by atoms with van der Waals surface area (Å²) in [5.41, 5.74) is 6.60. The number of anilines is 3. The standard InChI is InChI=1S/C27H25F4N5O4/c28-20-7-3-17(27(29,30)31)15-21(20)34-26(37)33-18-4-1-16(2-5-18)19-6-8-22(24-23(19)25(32)35-40-24)39-14-11-36-9-12-38-13-10-36/h1-8,15H,9-14H2,(H2,32,35)(H2,33,34,37). The van der Waals surface area contributed by atoms with Crippen LogP contribution in [0.3, 0.4) is 0 Å². The summed E-state index contributed by atoms with van der Waals surface area (Å²) in [6.07, 6.45) is -4.68. The number of hydrogen-bond donors (Lipinski definition) is 3. The Balaban J connectivity index is 1.27. The van der Waals surface area contributed by atoms with Crippen molar-refractivity contribution in [2.45, 2.75) is 6.18 Å². The van der Waals surface area contributed by atoms with Crippen molar-refractivity contribution in [1.82, 2.24) is 10.1 Å². The monoisotopic (exact) mass is 559 g/mol. The van der Waals surface area contributed by atoms with Gasteiger partial charge in [-0.05, 0) is 53.6 Å². The highest BCUT2D eigenvalue weighted by atomic mass is 19.4. The first-order chi connectivity index (χ1) is 19.2. The van der Waals surface area contributed by atoms with Crippen LogP contribution in [0.25, 0.3) is 22.1 Å². The summed E-state index contributed by atoms with van der Waals surface area (Å²) in [6, 6.07) is 11.0. The highest BCUT2D eigenvalue weighted by Crippen LogP contribution is 2.38. The predicted molar refractivity (Wildman–Crippen MR) is 141 cm³/mol. The zero-order valence-corrected chi connectivity index (χ0v) is 21.1. The van der Waals surface area contributed by atoms with Gasteiger partial charge in [-0.15, -0.1) is 0 Å². The fourth-order valence-electron chi connectivity index (χ4n) is 4.33. The lowest BCUT2D eigenvalue weighted by atomic mass is 10.0. The highest BCUT2D eigenvalue weighted by Gasteiger charge is 2.31. The highest BCUT2D eigenvalue weighted by molar-refractivity contribution is 6.04. The minimum absolute atomic E-state index is 0.188. The number of morpholine rings is 1. The summed E-state index contributed by atoms with van der Waals surface area (Å²) in [5, 5.41) is 9.04. The SMILES string of the molecule is Nc1noc2c(OCCN3CCOCC3)ccc(-c3ccc(NC(=O)Nc4cc(C(F)(F)F)ccc4F)cc3)c12. The molecule has 1 aliphatic heterocycles. The van der Waals surface area contributed by atoms with Gasteiger partial charge in [0.15, 0.2) is 11.6 Å². The average Bonchev–Trinajstić information content (AvgIpc) is 3.32. The molecule has 1 saturated heterocycles. The summed E-state index contributed by atoms with van der Waals surface area (Å²) < 4.78 is 69.5. The number of nitrogens with one attached hydrogen (secondary N) is 2. The molecule has 0 aliphatic carbocycles. The minimum Gasteiger partial charge on any atom is -0.488 e. The molecule has 0 saturated carbocycles. The number of nitrogen functional groups attached to an aromatic ring is 1. The number of nitrogens with two attached hydrogens (primary N) is 1. The molecular weight excluding hydrogens is 534 g/mol. The van der Waals surface area contributed by atoms with Crippen molar-refractivity contribution in [2.24, 2.45) is 0 Å². The van der Waals surface area contributed by atoms with Gasteiger partial charge in [-0.1, -0.05) is 17.3 Å². The zero-order valence-electron chi connectivity index (χ0n) is 21.1. The quantitative estimate of drug-likeness (QED) is 0.253. The lowest BCUT2D eigenvalue weighted by Gasteiger charge is -2.26. The Hall–Kier alpha value is -4.36. The number of alkyl halides is 3. The fourth-order valence-corrected chi connectivity index (χ4v) is 4.33. The molecule has 0 bridgehead atoms. The Labute approximate surface area is 225 Å². The first-order valence-corrected chi connectivity index (χ1v) is 12.3. The van der Waals surface area contributed by atoms with Crippen molar-refractivity contribution in [3.63, 3.8) is 0 Å². The van der Waals surface area contributed by atoms with Crippen LogP contribution in [0.4, 0.5) is 39.5 Å². The van der Waals surface area contributed by atoms with Gasteiger partial charge in [-0.2, -0.15) is 13.2 Å². The number of halogens is 4. The van der Waals surface area contributed by atoms with Gasteiger partial charge >= 0.3 is 12.2 Å². The molecule has 1 fully saturated rings. The molecule has 4 aromatic rings. The summed E-state index contributed by atoms with van der Waals surface area (Å²) in [4.78, 5) is 14.6. The molecular formula is C27H25F4N5O4. The molecule has 5 rings (SSSR count). The number of hydrogen-bond acceptors (Lipinski definition) is 7. The van der Waals surface area contributed by atoms with E-state index in [4.69, 9.17) is 19.7 Å². The maximum atomic E-state index is 14.0. The minimum atomic E-state index is -4.68. The maximum absolute atomic E-state index is 14.0. The molecule has 4 N–H and O–H groups in total. The first kappa shape index (κ1) is 27.2. The van der Waals surface area contributed by atoms with Crippen LogP contribution >= 0.6 is 0 Å². The van der Waals surface area contributed by atoms with E-state index in [-0.39, 0.29) is 5.82 Å². The predicted octanol–water partition coefficient (Wildman–Crippen LogP) is 5.59. The van der Waals surface area contributed by atoms with E-state index in [9.17, 15) is 22.4 Å². The van der Waals surface area contributed by atoms with Crippen LogP contribution < -0.4 is 21.1 Å². The largest absolute Gasteiger partial charge is 0.488 e. The normalized spacial score (nSPS) is 14.3. The third-order valence-electron chi connectivity index (χ3n) is 6.38. The number of urea groups is 1. The number of fused-ring (bicyclic) bond motifs is 1. The van der Waals surface area contributed by atoms with Crippen LogP contribution in [0.2, 0.25) is 0 Å². The molecule has 1 aliphatic rings. The van der Waals surface area contributed by atoms with E-state index in [1.807, 2.05) is 6.07 Å². The van der Waals surface area contributed by atoms with Gasteiger partial charge in [0.05, 0.1) is 29.9 Å². The first-order valence-electron chi connectivity index (χ1n) is 12.3. The molecule has 0 spiro atoms. The van der Waals surface area contributed by atoms with Crippen LogP contribution in [-0.4, -0.2) is 55.5 Å². The third-order valence-corrected chi connectivity index (χ3v) is 6.38. The smallest absolute Gasteiger partial charge is 0.416 e. The second-order valence-corrected chi connectivity index (χ2v) is 9.03. The van der Waals surface area contributed by atoms with E-state index >= 15 is 0 Å². The summed E-state index contributed by atoms with van der Waals surface area (Å²) in [6.45, 7) is 4.28. The Morgan fingerprint density at radius 3 is 2.52 bits per heavy atom. The lowest BCUT2D eigenvalue weighted by molar-refractivity contribution is -0.137. The van der Waals surface area contributed by atoms with Gasteiger partial charge in [-0.25, -0.2) is 9.18 Å². The molecule has 2 heterocycles. The second-order valence-electron chi connectivity index (χ2n) is 9.03. The Morgan fingerprint density at radius 2 is 1.80 bits per heavy atom. The van der Waals surface area contributed by atoms with Crippen molar-refractivity contribution >= 4 is 34.2 Å². The van der Waals surface area contributed by atoms with Gasteiger partial charge in [0.2, 0.25) is 5.58 Å². The third kappa shape index (κ3) is 6.10. The summed E-state index contributed by atoms with van der Waals surface area (Å²) >= 11 is 0. The number of amides is 2. The van der Waals surface area contributed by atoms with Crippen LogP contribution in [0.15, 0.2) is 59.1 Å². The number of aromatic nitrogens is 1. The molecule has 13 heteroatoms. The molecule has 3 aromatic carbocycles. The number of carbonyl (C=O) groups excluding carboxylic acids is 1. The van der Waals surface area contributed by atoms with Crippen LogP contribution in [-0.2, 0) is 10.9 Å². The van der Waals surface area contributed by atoms with Crippen LogP contribution in [0.1, 0.15) is 5.56 Å². The zero-order chi connectivity index (χ0) is 28.3. The molecule has 210 valence electrons. The van der Waals surface area contributed by atoms with Crippen molar-refractivity contribution in [2.75, 3.05) is 55.8 Å². The number of benzene rings is 3. The molecule has 1 aromatic heterocycles. The van der Waals surface area contributed by atoms with Crippen molar-refractivity contribution < 1.29 is 36.4 Å². The van der Waals surface area contributed by atoms with Crippen LogP contribution in [0.5, 0.6) is 5.75 Å². The van der Waals surface area contributed by atoms with E-state index in [1.165, 1.54) is 0 Å². The Bertz CT molecular complexity index is 1500. The number of ether oxygens (including phenoxy) is 2. The van der Waals surface area contributed by atoms with Gasteiger partial charge in [0, 0.05) is 25.3 Å². The van der Waals surface area contributed by atoms with E-state index in [2.05, 4.69) is 20.7 Å². The molecule has 0 atom stereocenters.